The van der Waals surface area contributed by atoms with Gasteiger partial charge < -0.3 is 0 Å². The molecule has 0 saturated heterocycles. The largest absolute Gasteiger partial charge is 0.294 e. The maximum atomic E-state index is 9.06. The van der Waals surface area contributed by atoms with Gasteiger partial charge in [-0.15, -0.1) is 0 Å². The minimum atomic E-state index is -2.63. The molecule has 1 aliphatic rings. The molecule has 0 saturated carbocycles. The number of hydrogen-bond acceptors (Lipinski definition) is 4. The van der Waals surface area contributed by atoms with Gasteiger partial charge in [0.2, 0.25) is 0 Å². The van der Waals surface area contributed by atoms with Crippen molar-refractivity contribution in [2.24, 2.45) is 9.98 Å². The van der Waals surface area contributed by atoms with Gasteiger partial charge in [-0.05, 0) is 0 Å². The zero-order valence-corrected chi connectivity index (χ0v) is 6.51. The predicted molar refractivity (Wildman–Crippen MR) is 44.4 cm³/mol. The first-order valence-corrected chi connectivity index (χ1v) is 4.84. The average Bonchev–Trinajstić information content (AvgIpc) is 1.88. The van der Waals surface area contributed by atoms with E-state index in [-0.39, 0.29) is 0 Å². The van der Waals surface area contributed by atoms with E-state index < -0.39 is 10.6 Å². The molecule has 10 heavy (non-hydrogen) atoms. The Kier molecular flexibility index (Phi) is 2.08. The molecule has 0 fully saturated rings. The number of hydrogen-bond donors (Lipinski definition) is 2. The van der Waals surface area contributed by atoms with Crippen LogP contribution in [0.3, 0.4) is 0 Å². The lowest BCUT2D eigenvalue weighted by Gasteiger charge is -2.26. The van der Waals surface area contributed by atoms with Gasteiger partial charge in [0, 0.05) is 6.26 Å². The lowest BCUT2D eigenvalue weighted by Crippen LogP contribution is -2.15. The van der Waals surface area contributed by atoms with E-state index in [9.17, 15) is 0 Å². The Morgan fingerprint density at radius 1 is 1.50 bits per heavy atom. The van der Waals surface area contributed by atoms with E-state index in [2.05, 4.69) is 9.98 Å². The van der Waals surface area contributed by atoms with Gasteiger partial charge in [0.15, 0.2) is 5.04 Å². The van der Waals surface area contributed by atoms with Crippen molar-refractivity contribution in [1.29, 1.82) is 0 Å². The molecule has 58 valence electrons. The maximum Gasteiger partial charge on any atom is 0.159 e. The molecule has 1 rings (SSSR count). The van der Waals surface area contributed by atoms with Crippen LogP contribution in [-0.4, -0.2) is 39.7 Å². The molecule has 0 aromatic carbocycles. The van der Waals surface area contributed by atoms with Gasteiger partial charge in [0.05, 0.1) is 19.3 Å². The summed E-state index contributed by atoms with van der Waals surface area (Å²) in [6.07, 6.45) is 2.78. The molecule has 1 aliphatic heterocycles. The summed E-state index contributed by atoms with van der Waals surface area (Å²) < 4.78 is 18.1. The van der Waals surface area contributed by atoms with E-state index in [1.807, 2.05) is 0 Å². The van der Waals surface area contributed by atoms with E-state index in [1.54, 1.807) is 0 Å². The van der Waals surface area contributed by atoms with Crippen LogP contribution in [0.2, 0.25) is 0 Å². The Morgan fingerprint density at radius 2 is 2.20 bits per heavy atom. The summed E-state index contributed by atoms with van der Waals surface area (Å²) in [4.78, 5) is 7.78. The first-order chi connectivity index (χ1) is 4.61. The summed E-state index contributed by atoms with van der Waals surface area (Å²) in [5, 5.41) is 0.318. The van der Waals surface area contributed by atoms with Gasteiger partial charge in [0.1, 0.15) is 0 Å². The molecule has 4 nitrogen and oxygen atoms in total. The molecule has 5 heteroatoms. The summed E-state index contributed by atoms with van der Waals surface area (Å²) in [5.74, 6) is 0. The third-order valence-corrected chi connectivity index (χ3v) is 2.12. The van der Waals surface area contributed by atoms with Crippen LogP contribution in [0.1, 0.15) is 0 Å². The zero-order chi connectivity index (χ0) is 7.61. The highest BCUT2D eigenvalue weighted by Gasteiger charge is 2.12. The molecular weight excluding hydrogens is 152 g/mol. The van der Waals surface area contributed by atoms with Crippen LogP contribution in [-0.2, 0) is 0 Å². The summed E-state index contributed by atoms with van der Waals surface area (Å²) in [7, 11) is -2.63. The number of rotatable bonds is 0. The summed E-state index contributed by atoms with van der Waals surface area (Å²) in [5.41, 5.74) is 0. The van der Waals surface area contributed by atoms with Crippen molar-refractivity contribution in [2.45, 2.75) is 0 Å². The second-order valence-electron chi connectivity index (χ2n) is 2.09. The molecule has 0 aromatic rings. The van der Waals surface area contributed by atoms with Crippen molar-refractivity contribution in [3.8, 4) is 0 Å². The highest BCUT2D eigenvalue weighted by atomic mass is 32.3. The van der Waals surface area contributed by atoms with E-state index in [0.29, 0.717) is 18.1 Å². The molecule has 2 N–H and O–H groups in total. The Hall–Kier alpha value is -0.390. The highest BCUT2D eigenvalue weighted by Crippen LogP contribution is 2.34. The maximum absolute atomic E-state index is 9.06. The summed E-state index contributed by atoms with van der Waals surface area (Å²) >= 11 is 0. The van der Waals surface area contributed by atoms with Crippen LogP contribution >= 0.6 is 10.6 Å². The Bertz CT molecular complexity index is 183. The fourth-order valence-corrected chi connectivity index (χ4v) is 1.23. The van der Waals surface area contributed by atoms with Crippen LogP contribution in [0.5, 0.6) is 0 Å². The zero-order valence-electron chi connectivity index (χ0n) is 5.69. The first-order valence-electron chi connectivity index (χ1n) is 2.88. The monoisotopic (exact) mass is 162 g/mol. The van der Waals surface area contributed by atoms with Crippen molar-refractivity contribution < 1.29 is 9.11 Å². The minimum Gasteiger partial charge on any atom is -0.294 e. The quantitative estimate of drug-likeness (QED) is 0.554. The van der Waals surface area contributed by atoms with E-state index in [1.165, 1.54) is 12.5 Å². The fourth-order valence-electron chi connectivity index (χ4n) is 0.624. The molecule has 0 bridgehead atoms. The second-order valence-corrected chi connectivity index (χ2v) is 4.17. The smallest absolute Gasteiger partial charge is 0.159 e. The standard InChI is InChI=1S/C5H10N2O2S/c1-10(8,9)5-4-6-2-3-7-5/h4,8-9H,2-3H2,1H3. The van der Waals surface area contributed by atoms with Gasteiger partial charge in [-0.1, -0.05) is 0 Å². The molecule has 0 radical (unpaired) electrons. The lowest BCUT2D eigenvalue weighted by molar-refractivity contribution is 0.511. The van der Waals surface area contributed by atoms with Crippen LogP contribution < -0.4 is 0 Å². The van der Waals surface area contributed by atoms with Crippen molar-refractivity contribution in [1.82, 2.24) is 0 Å². The topological polar surface area (TPSA) is 65.2 Å². The van der Waals surface area contributed by atoms with Crippen molar-refractivity contribution >= 4 is 21.8 Å². The van der Waals surface area contributed by atoms with Gasteiger partial charge in [0.25, 0.3) is 0 Å². The predicted octanol–water partition coefficient (Wildman–Crippen LogP) is 0.850. The Balaban J connectivity index is 2.73. The van der Waals surface area contributed by atoms with Gasteiger partial charge in [-0.3, -0.25) is 19.1 Å². The third-order valence-electron chi connectivity index (χ3n) is 1.09. The summed E-state index contributed by atoms with van der Waals surface area (Å²) in [6.45, 7) is 1.22. The summed E-state index contributed by atoms with van der Waals surface area (Å²) in [6, 6.07) is 0. The van der Waals surface area contributed by atoms with Crippen molar-refractivity contribution in [3.63, 3.8) is 0 Å². The van der Waals surface area contributed by atoms with E-state index >= 15 is 0 Å². The highest BCUT2D eigenvalue weighted by molar-refractivity contribution is 8.37. The molecule has 0 aromatic heterocycles. The number of aliphatic imine (C=N–C) groups is 2. The van der Waals surface area contributed by atoms with Crippen LogP contribution in [0.4, 0.5) is 0 Å². The van der Waals surface area contributed by atoms with Gasteiger partial charge >= 0.3 is 0 Å². The van der Waals surface area contributed by atoms with Crippen molar-refractivity contribution in [3.05, 3.63) is 0 Å². The Labute approximate surface area is 61.0 Å². The molecule has 0 aliphatic carbocycles. The third kappa shape index (κ3) is 1.80. The van der Waals surface area contributed by atoms with Crippen LogP contribution in [0.25, 0.3) is 0 Å². The SMILES string of the molecule is CS(O)(O)C1=NCCN=C1. The molecule has 0 unspecified atom stereocenters. The second kappa shape index (κ2) is 2.69. The lowest BCUT2D eigenvalue weighted by atomic mass is 10.6. The first kappa shape index (κ1) is 7.71. The number of nitrogens with zero attached hydrogens (tertiary/aromatic N) is 2. The van der Waals surface area contributed by atoms with E-state index in [4.69, 9.17) is 9.11 Å². The molecule has 0 spiro atoms. The Morgan fingerprint density at radius 3 is 2.50 bits per heavy atom. The van der Waals surface area contributed by atoms with Gasteiger partial charge in [-0.2, -0.15) is 10.6 Å². The molecule has 1 heterocycles. The van der Waals surface area contributed by atoms with E-state index in [0.717, 1.165) is 0 Å². The van der Waals surface area contributed by atoms with Crippen LogP contribution in [0.15, 0.2) is 9.98 Å². The fraction of sp³-hybridized carbons (Fsp3) is 0.600. The van der Waals surface area contributed by atoms with Crippen LogP contribution in [0, 0.1) is 0 Å². The van der Waals surface area contributed by atoms with Gasteiger partial charge in [-0.25, -0.2) is 0 Å². The normalized spacial score (nSPS) is 20.5. The molecular formula is C5H10N2O2S. The average molecular weight is 162 g/mol. The molecule has 0 atom stereocenters. The minimum absolute atomic E-state index is 0.318. The van der Waals surface area contributed by atoms with Crippen molar-refractivity contribution in [2.75, 3.05) is 19.3 Å². The molecule has 0 amide bonds.